The molecular formula is C13H12F2N2. The number of nitrogens with one attached hydrogen (secondary N) is 1. The number of rotatable bonds is 2. The van der Waals surface area contributed by atoms with Crippen LogP contribution in [0.3, 0.4) is 0 Å². The average Bonchev–Trinajstić information content (AvgIpc) is 2.22. The van der Waals surface area contributed by atoms with Crippen molar-refractivity contribution in [3.63, 3.8) is 0 Å². The first-order valence-electron chi connectivity index (χ1n) is 5.14. The van der Waals surface area contributed by atoms with Gasteiger partial charge in [-0.15, -0.1) is 0 Å². The van der Waals surface area contributed by atoms with Gasteiger partial charge in [0.15, 0.2) is 0 Å². The number of nitrogen functional groups attached to an aromatic ring is 1. The number of benzene rings is 2. The largest absolute Gasteiger partial charge is 0.399 e. The molecule has 4 heteroatoms. The van der Waals surface area contributed by atoms with Gasteiger partial charge in [0.1, 0.15) is 11.6 Å². The minimum absolute atomic E-state index is 0.367. The molecule has 0 aliphatic heterocycles. The third-order valence-corrected chi connectivity index (χ3v) is 2.42. The Bertz CT molecular complexity index is 533. The molecule has 0 saturated heterocycles. The van der Waals surface area contributed by atoms with E-state index in [1.54, 1.807) is 12.1 Å². The lowest BCUT2D eigenvalue weighted by Gasteiger charge is -2.08. The highest BCUT2D eigenvalue weighted by Gasteiger charge is 2.02. The van der Waals surface area contributed by atoms with Gasteiger partial charge in [-0.2, -0.15) is 0 Å². The highest BCUT2D eigenvalue weighted by Crippen LogP contribution is 2.22. The molecule has 0 unspecified atom stereocenters. The maximum atomic E-state index is 13.0. The van der Waals surface area contributed by atoms with Gasteiger partial charge in [-0.3, -0.25) is 0 Å². The Morgan fingerprint density at radius 1 is 0.941 bits per heavy atom. The number of hydrogen-bond donors (Lipinski definition) is 2. The average molecular weight is 234 g/mol. The topological polar surface area (TPSA) is 38.0 Å². The second-order valence-corrected chi connectivity index (χ2v) is 3.85. The minimum atomic E-state index is -0.611. The van der Waals surface area contributed by atoms with Crippen molar-refractivity contribution in [3.8, 4) is 0 Å². The number of hydrogen-bond acceptors (Lipinski definition) is 2. The molecule has 17 heavy (non-hydrogen) atoms. The summed E-state index contributed by atoms with van der Waals surface area (Å²) < 4.78 is 25.9. The van der Waals surface area contributed by atoms with E-state index in [-0.39, 0.29) is 0 Å². The molecular weight excluding hydrogens is 222 g/mol. The lowest BCUT2D eigenvalue weighted by Crippen LogP contribution is -1.95. The summed E-state index contributed by atoms with van der Waals surface area (Å²) in [7, 11) is 0. The highest BCUT2D eigenvalue weighted by atomic mass is 19.1. The van der Waals surface area contributed by atoms with E-state index in [0.717, 1.165) is 17.3 Å². The molecule has 2 aromatic carbocycles. The van der Waals surface area contributed by atoms with Crippen LogP contribution in [0, 0.1) is 18.6 Å². The quantitative estimate of drug-likeness (QED) is 0.779. The van der Waals surface area contributed by atoms with Crippen LogP contribution in [0.4, 0.5) is 25.8 Å². The van der Waals surface area contributed by atoms with Crippen LogP contribution in [0.25, 0.3) is 0 Å². The first-order chi connectivity index (χ1) is 8.04. The normalized spacial score (nSPS) is 10.3. The third-order valence-electron chi connectivity index (χ3n) is 2.42. The maximum absolute atomic E-state index is 13.0. The van der Waals surface area contributed by atoms with Gasteiger partial charge >= 0.3 is 0 Å². The van der Waals surface area contributed by atoms with E-state index >= 15 is 0 Å². The van der Waals surface area contributed by atoms with Gasteiger partial charge < -0.3 is 11.1 Å². The fourth-order valence-corrected chi connectivity index (χ4v) is 1.55. The fraction of sp³-hybridized carbons (Fsp3) is 0.0769. The van der Waals surface area contributed by atoms with Crippen molar-refractivity contribution in [2.45, 2.75) is 6.92 Å². The van der Waals surface area contributed by atoms with Crippen LogP contribution in [0.1, 0.15) is 5.56 Å². The van der Waals surface area contributed by atoms with Gasteiger partial charge in [0.2, 0.25) is 0 Å². The molecule has 0 bridgehead atoms. The molecule has 0 saturated carbocycles. The highest BCUT2D eigenvalue weighted by molar-refractivity contribution is 5.64. The summed E-state index contributed by atoms with van der Waals surface area (Å²) in [6.45, 7) is 1.87. The number of nitrogens with two attached hydrogens (primary N) is 1. The zero-order valence-corrected chi connectivity index (χ0v) is 9.30. The standard InChI is InChI=1S/C13H12F2N2/c1-8-4-11(2-3-13(8)16)17-12-6-9(14)5-10(15)7-12/h2-7,17H,16H2,1H3. The molecule has 0 fully saturated rings. The maximum Gasteiger partial charge on any atom is 0.128 e. The number of aryl methyl sites for hydroxylation is 1. The second kappa shape index (κ2) is 4.41. The molecule has 2 aromatic rings. The second-order valence-electron chi connectivity index (χ2n) is 3.85. The van der Waals surface area contributed by atoms with Crippen LogP contribution in [-0.2, 0) is 0 Å². The van der Waals surface area contributed by atoms with Crippen molar-refractivity contribution >= 4 is 17.1 Å². The van der Waals surface area contributed by atoms with Gasteiger partial charge in [0, 0.05) is 23.1 Å². The Morgan fingerprint density at radius 2 is 1.59 bits per heavy atom. The minimum Gasteiger partial charge on any atom is -0.399 e. The van der Waals surface area contributed by atoms with Gasteiger partial charge in [-0.25, -0.2) is 8.78 Å². The van der Waals surface area contributed by atoms with Crippen LogP contribution < -0.4 is 11.1 Å². The molecule has 0 aliphatic rings. The molecule has 0 atom stereocenters. The molecule has 0 amide bonds. The van der Waals surface area contributed by atoms with Crippen molar-refractivity contribution in [1.29, 1.82) is 0 Å². The smallest absolute Gasteiger partial charge is 0.128 e. The van der Waals surface area contributed by atoms with Gasteiger partial charge in [-0.05, 0) is 42.8 Å². The summed E-state index contributed by atoms with van der Waals surface area (Å²) >= 11 is 0. The summed E-state index contributed by atoms with van der Waals surface area (Å²) in [5, 5.41) is 2.92. The van der Waals surface area contributed by atoms with Crippen molar-refractivity contribution in [2.24, 2.45) is 0 Å². The molecule has 3 N–H and O–H groups in total. The molecule has 2 rings (SSSR count). The zero-order valence-electron chi connectivity index (χ0n) is 9.30. The van der Waals surface area contributed by atoms with E-state index < -0.39 is 11.6 Å². The Kier molecular flexibility index (Phi) is 2.95. The van der Waals surface area contributed by atoms with Crippen LogP contribution in [0.2, 0.25) is 0 Å². The first-order valence-corrected chi connectivity index (χ1v) is 5.14. The van der Waals surface area contributed by atoms with Crippen molar-refractivity contribution in [2.75, 3.05) is 11.1 Å². The van der Waals surface area contributed by atoms with E-state index in [4.69, 9.17) is 5.73 Å². The van der Waals surface area contributed by atoms with Gasteiger partial charge in [-0.1, -0.05) is 0 Å². The Morgan fingerprint density at radius 3 is 2.18 bits per heavy atom. The Hall–Kier alpha value is -2.10. The summed E-state index contributed by atoms with van der Waals surface area (Å²) in [6, 6.07) is 8.61. The Labute approximate surface area is 98.1 Å². The van der Waals surface area contributed by atoms with Crippen molar-refractivity contribution in [1.82, 2.24) is 0 Å². The first kappa shape index (κ1) is 11.4. The van der Waals surface area contributed by atoms with Crippen LogP contribution in [-0.4, -0.2) is 0 Å². The van der Waals surface area contributed by atoms with E-state index in [2.05, 4.69) is 5.32 Å². The number of anilines is 3. The fourth-order valence-electron chi connectivity index (χ4n) is 1.55. The van der Waals surface area contributed by atoms with E-state index in [9.17, 15) is 8.78 Å². The summed E-state index contributed by atoms with van der Waals surface area (Å²) in [5.41, 5.74) is 8.38. The van der Waals surface area contributed by atoms with E-state index in [0.29, 0.717) is 11.4 Å². The van der Waals surface area contributed by atoms with Gasteiger partial charge in [0.05, 0.1) is 0 Å². The lowest BCUT2D eigenvalue weighted by atomic mass is 10.2. The van der Waals surface area contributed by atoms with Crippen molar-refractivity contribution < 1.29 is 8.78 Å². The Balaban J connectivity index is 2.28. The predicted octanol–water partition coefficient (Wildman–Crippen LogP) is 3.60. The summed E-state index contributed by atoms with van der Waals surface area (Å²) in [6.07, 6.45) is 0. The van der Waals surface area contributed by atoms with E-state index in [1.807, 2.05) is 13.0 Å². The van der Waals surface area contributed by atoms with Crippen LogP contribution in [0.5, 0.6) is 0 Å². The zero-order chi connectivity index (χ0) is 12.4. The summed E-state index contributed by atoms with van der Waals surface area (Å²) in [4.78, 5) is 0. The SMILES string of the molecule is Cc1cc(Nc2cc(F)cc(F)c2)ccc1N. The van der Waals surface area contributed by atoms with E-state index in [1.165, 1.54) is 12.1 Å². The van der Waals surface area contributed by atoms with Gasteiger partial charge in [0.25, 0.3) is 0 Å². The molecule has 0 heterocycles. The predicted molar refractivity (Wildman–Crippen MR) is 65.2 cm³/mol. The third kappa shape index (κ3) is 2.72. The molecule has 2 nitrogen and oxygen atoms in total. The summed E-state index contributed by atoms with van der Waals surface area (Å²) in [5.74, 6) is -1.22. The van der Waals surface area contributed by atoms with Crippen molar-refractivity contribution in [3.05, 3.63) is 53.6 Å². The molecule has 88 valence electrons. The number of halogens is 2. The monoisotopic (exact) mass is 234 g/mol. The van der Waals surface area contributed by atoms with Crippen LogP contribution in [0.15, 0.2) is 36.4 Å². The molecule has 0 aliphatic carbocycles. The molecule has 0 spiro atoms. The van der Waals surface area contributed by atoms with Crippen LogP contribution >= 0.6 is 0 Å². The molecule has 0 radical (unpaired) electrons. The molecule has 0 aromatic heterocycles. The lowest BCUT2D eigenvalue weighted by molar-refractivity contribution is 0.584.